The molecule has 2 aromatic carbocycles. The molecule has 0 bridgehead atoms. The minimum Gasteiger partial charge on any atom is -0.325 e. The van der Waals surface area contributed by atoms with Crippen molar-refractivity contribution in [1.29, 1.82) is 0 Å². The fraction of sp³-hybridized carbons (Fsp3) is 0.0625. The second-order valence-corrected chi connectivity index (χ2v) is 8.39. The fourth-order valence-corrected chi connectivity index (χ4v) is 4.45. The molecule has 0 radical (unpaired) electrons. The Morgan fingerprint density at radius 2 is 2.07 bits per heavy atom. The van der Waals surface area contributed by atoms with E-state index in [0.29, 0.717) is 14.0 Å². The third-order valence-electron chi connectivity index (χ3n) is 3.28. The lowest BCUT2D eigenvalue weighted by molar-refractivity contribution is -0.384. The van der Waals surface area contributed by atoms with E-state index >= 15 is 0 Å². The molecule has 1 heterocycles. The number of para-hydroxylation sites is 1. The van der Waals surface area contributed by atoms with E-state index in [4.69, 9.17) is 23.8 Å². The molecule has 7 nitrogen and oxygen atoms in total. The molecule has 0 atom stereocenters. The van der Waals surface area contributed by atoms with Gasteiger partial charge in [0.25, 0.3) is 5.69 Å². The van der Waals surface area contributed by atoms with Crippen LogP contribution in [0.5, 0.6) is 0 Å². The average Bonchev–Trinajstić information content (AvgIpc) is 3.03. The first kappa shape index (κ1) is 19.5. The summed E-state index contributed by atoms with van der Waals surface area (Å²) in [5, 5.41) is 17.9. The number of hydrogen-bond donors (Lipinski definition) is 1. The van der Waals surface area contributed by atoms with Gasteiger partial charge in [-0.05, 0) is 36.5 Å². The number of nitrogens with zero attached hydrogens (tertiary/aromatic N) is 3. The van der Waals surface area contributed by atoms with Crippen molar-refractivity contribution >= 4 is 64.2 Å². The summed E-state index contributed by atoms with van der Waals surface area (Å²) < 4.78 is 2.88. The van der Waals surface area contributed by atoms with Gasteiger partial charge in [-0.1, -0.05) is 52.9 Å². The van der Waals surface area contributed by atoms with Crippen LogP contribution in [0.3, 0.4) is 0 Å². The van der Waals surface area contributed by atoms with Gasteiger partial charge in [0, 0.05) is 11.8 Å². The second kappa shape index (κ2) is 8.61. The van der Waals surface area contributed by atoms with Crippen LogP contribution in [0.15, 0.2) is 52.9 Å². The van der Waals surface area contributed by atoms with Gasteiger partial charge in [-0.15, -0.1) is 5.10 Å². The van der Waals surface area contributed by atoms with Gasteiger partial charge in [-0.2, -0.15) is 0 Å². The van der Waals surface area contributed by atoms with Crippen LogP contribution < -0.4 is 5.32 Å². The van der Waals surface area contributed by atoms with Crippen molar-refractivity contribution in [1.82, 2.24) is 9.78 Å². The normalized spacial score (nSPS) is 10.6. The zero-order chi connectivity index (χ0) is 19.4. The standard InChI is InChI=1S/C16H11ClN4O3S3/c17-12-7-6-10(8-13(12)21(23)24)18-14(22)9-26-15-19-20(16(25)27-15)11-4-2-1-3-5-11/h1-8H,9H2,(H,18,22). The van der Waals surface area contributed by atoms with E-state index < -0.39 is 4.92 Å². The van der Waals surface area contributed by atoms with E-state index in [2.05, 4.69) is 10.4 Å². The number of nitro benzene ring substituents is 1. The molecule has 0 unspecified atom stereocenters. The van der Waals surface area contributed by atoms with E-state index in [1.165, 1.54) is 41.3 Å². The van der Waals surface area contributed by atoms with Gasteiger partial charge >= 0.3 is 0 Å². The van der Waals surface area contributed by atoms with Crippen molar-refractivity contribution in [3.8, 4) is 5.69 Å². The number of thioether (sulfide) groups is 1. The SMILES string of the molecule is O=C(CSc1nn(-c2ccccc2)c(=S)s1)Nc1ccc(Cl)c([N+](=O)[O-])c1. The lowest BCUT2D eigenvalue weighted by Crippen LogP contribution is -2.14. The van der Waals surface area contributed by atoms with Gasteiger partial charge in [0.15, 0.2) is 8.29 Å². The number of benzene rings is 2. The van der Waals surface area contributed by atoms with E-state index in [1.807, 2.05) is 30.3 Å². The molecule has 0 aliphatic rings. The average molecular weight is 439 g/mol. The first-order chi connectivity index (χ1) is 12.9. The molecular formula is C16H11ClN4O3S3. The molecule has 0 spiro atoms. The largest absolute Gasteiger partial charge is 0.325 e. The highest BCUT2D eigenvalue weighted by molar-refractivity contribution is 8.01. The monoisotopic (exact) mass is 438 g/mol. The van der Waals surface area contributed by atoms with Crippen molar-refractivity contribution in [3.63, 3.8) is 0 Å². The van der Waals surface area contributed by atoms with Crippen molar-refractivity contribution in [2.45, 2.75) is 4.34 Å². The number of halogens is 1. The molecule has 11 heteroatoms. The summed E-state index contributed by atoms with van der Waals surface area (Å²) in [6.45, 7) is 0. The summed E-state index contributed by atoms with van der Waals surface area (Å²) >= 11 is 13.6. The molecule has 1 aromatic heterocycles. The molecule has 27 heavy (non-hydrogen) atoms. The minimum atomic E-state index is -0.601. The highest BCUT2D eigenvalue weighted by atomic mass is 35.5. The first-order valence-electron chi connectivity index (χ1n) is 7.46. The van der Waals surface area contributed by atoms with E-state index in [1.54, 1.807) is 4.68 Å². The molecule has 0 saturated carbocycles. The Hall–Kier alpha value is -2.27. The van der Waals surface area contributed by atoms with Crippen LogP contribution in [0.1, 0.15) is 0 Å². The van der Waals surface area contributed by atoms with Gasteiger partial charge in [0.2, 0.25) is 5.91 Å². The number of carbonyl (C=O) groups excluding carboxylic acids is 1. The maximum atomic E-state index is 12.1. The number of aromatic nitrogens is 2. The summed E-state index contributed by atoms with van der Waals surface area (Å²) in [4.78, 5) is 22.4. The molecule has 0 saturated heterocycles. The van der Waals surface area contributed by atoms with Crippen molar-refractivity contribution < 1.29 is 9.72 Å². The van der Waals surface area contributed by atoms with Crippen LogP contribution in [0.25, 0.3) is 5.69 Å². The zero-order valence-corrected chi connectivity index (χ0v) is 16.7. The van der Waals surface area contributed by atoms with Crippen molar-refractivity contribution in [2.75, 3.05) is 11.1 Å². The summed E-state index contributed by atoms with van der Waals surface area (Å²) in [5.41, 5.74) is 0.893. The van der Waals surface area contributed by atoms with Crippen LogP contribution in [0, 0.1) is 14.1 Å². The van der Waals surface area contributed by atoms with Crippen molar-refractivity contribution in [3.05, 3.63) is 67.6 Å². The van der Waals surface area contributed by atoms with Crippen LogP contribution in [-0.4, -0.2) is 26.4 Å². The molecule has 0 aliphatic carbocycles. The lowest BCUT2D eigenvalue weighted by Gasteiger charge is -2.05. The van der Waals surface area contributed by atoms with E-state index in [-0.39, 0.29) is 22.4 Å². The maximum Gasteiger partial charge on any atom is 0.289 e. The van der Waals surface area contributed by atoms with Gasteiger partial charge in [0.05, 0.1) is 16.4 Å². The predicted octanol–water partition coefficient (Wildman–Crippen LogP) is 4.96. The number of hydrogen-bond acceptors (Lipinski definition) is 7. The van der Waals surface area contributed by atoms with E-state index in [9.17, 15) is 14.9 Å². The molecule has 0 fully saturated rings. The number of amides is 1. The van der Waals surface area contributed by atoms with Gasteiger partial charge in [-0.3, -0.25) is 14.9 Å². The summed E-state index contributed by atoms with van der Waals surface area (Å²) in [6.07, 6.45) is 0. The Kier molecular flexibility index (Phi) is 6.22. The zero-order valence-electron chi connectivity index (χ0n) is 13.5. The Bertz CT molecular complexity index is 1050. The Labute approximate surface area is 172 Å². The van der Waals surface area contributed by atoms with E-state index in [0.717, 1.165) is 5.69 Å². The number of nitro groups is 1. The summed E-state index contributed by atoms with van der Waals surface area (Å²) in [7, 11) is 0. The minimum absolute atomic E-state index is 0.0126. The second-order valence-electron chi connectivity index (χ2n) is 5.14. The number of nitrogens with one attached hydrogen (secondary N) is 1. The number of rotatable bonds is 6. The highest BCUT2D eigenvalue weighted by Crippen LogP contribution is 2.28. The number of carbonyl (C=O) groups is 1. The molecule has 3 aromatic rings. The maximum absolute atomic E-state index is 12.1. The summed E-state index contributed by atoms with van der Waals surface area (Å²) in [5.74, 6) is -0.225. The molecule has 1 N–H and O–H groups in total. The van der Waals surface area contributed by atoms with Gasteiger partial charge in [0.1, 0.15) is 5.02 Å². The highest BCUT2D eigenvalue weighted by Gasteiger charge is 2.14. The van der Waals surface area contributed by atoms with Crippen LogP contribution >= 0.6 is 46.9 Å². The Morgan fingerprint density at radius 1 is 1.33 bits per heavy atom. The van der Waals surface area contributed by atoms with Crippen molar-refractivity contribution in [2.24, 2.45) is 0 Å². The van der Waals surface area contributed by atoms with Gasteiger partial charge < -0.3 is 5.32 Å². The van der Waals surface area contributed by atoms with Crippen LogP contribution in [0.2, 0.25) is 5.02 Å². The molecule has 3 rings (SSSR count). The quantitative estimate of drug-likeness (QED) is 0.253. The lowest BCUT2D eigenvalue weighted by atomic mass is 10.3. The topological polar surface area (TPSA) is 90.1 Å². The smallest absolute Gasteiger partial charge is 0.289 e. The molecular weight excluding hydrogens is 428 g/mol. The third-order valence-corrected chi connectivity index (χ3v) is 5.97. The third kappa shape index (κ3) is 4.92. The van der Waals surface area contributed by atoms with Gasteiger partial charge in [-0.25, -0.2) is 4.68 Å². The van der Waals surface area contributed by atoms with Crippen LogP contribution in [0.4, 0.5) is 11.4 Å². The molecule has 1 amide bonds. The number of anilines is 1. The van der Waals surface area contributed by atoms with Crippen LogP contribution in [-0.2, 0) is 4.79 Å². The first-order valence-corrected chi connectivity index (χ1v) is 10.0. The summed E-state index contributed by atoms with van der Waals surface area (Å²) in [6, 6.07) is 13.6. The Morgan fingerprint density at radius 3 is 2.78 bits per heavy atom. The molecule has 0 aliphatic heterocycles. The Balaban J connectivity index is 1.64. The molecule has 138 valence electrons. The predicted molar refractivity (Wildman–Crippen MR) is 110 cm³/mol. The fourth-order valence-electron chi connectivity index (χ4n) is 2.11.